The van der Waals surface area contributed by atoms with E-state index in [1.165, 1.54) is 4.88 Å². The summed E-state index contributed by atoms with van der Waals surface area (Å²) in [6, 6.07) is 7.45. The molecule has 10 heteroatoms. The number of ether oxygens (including phenoxy) is 3. The third-order valence-electron chi connectivity index (χ3n) is 7.76. The normalized spacial score (nSPS) is 17.5. The minimum absolute atomic E-state index is 0.118. The zero-order valence-electron chi connectivity index (χ0n) is 28.8. The first kappa shape index (κ1) is 37.4. The number of aryl methyl sites for hydroxylation is 1. The molecule has 2 unspecified atom stereocenters. The maximum Gasteiger partial charge on any atom is 0.246 e. The van der Waals surface area contributed by atoms with Gasteiger partial charge in [0.1, 0.15) is 12.6 Å². The van der Waals surface area contributed by atoms with E-state index < -0.39 is 11.5 Å². The SMILES string of the molecule is C=CC1C[C@@H](C(=C)NCc2ccc(-c3scnc3C)cc2)N(C(=O)C(NC(=O)COCCOCCOCC(C)(C)C)C(C)(C)C)C1. The third-order valence-corrected chi connectivity index (χ3v) is 8.74. The molecule has 1 saturated heterocycles. The highest BCUT2D eigenvalue weighted by Gasteiger charge is 2.42. The van der Waals surface area contributed by atoms with Gasteiger partial charge in [0, 0.05) is 18.8 Å². The van der Waals surface area contributed by atoms with Crippen molar-refractivity contribution in [3.63, 3.8) is 0 Å². The summed E-state index contributed by atoms with van der Waals surface area (Å²) in [5.74, 6) is -0.347. The van der Waals surface area contributed by atoms with Gasteiger partial charge in [-0.3, -0.25) is 9.59 Å². The molecular weight excluding hydrogens is 600 g/mol. The van der Waals surface area contributed by atoms with Crippen LogP contribution in [0.3, 0.4) is 0 Å². The Morgan fingerprint density at radius 3 is 2.30 bits per heavy atom. The van der Waals surface area contributed by atoms with Gasteiger partial charge in [-0.1, -0.05) is 78.5 Å². The molecule has 1 fully saturated rings. The number of nitrogens with zero attached hydrogens (tertiary/aromatic N) is 2. The van der Waals surface area contributed by atoms with E-state index in [0.29, 0.717) is 39.5 Å². The van der Waals surface area contributed by atoms with Gasteiger partial charge in [-0.15, -0.1) is 17.9 Å². The van der Waals surface area contributed by atoms with Gasteiger partial charge in [-0.05, 0) is 41.2 Å². The Morgan fingerprint density at radius 2 is 1.72 bits per heavy atom. The third kappa shape index (κ3) is 11.6. The maximum absolute atomic E-state index is 14.1. The Hall–Kier alpha value is -3.05. The molecule has 3 rings (SSSR count). The zero-order chi connectivity index (χ0) is 33.9. The highest BCUT2D eigenvalue weighted by Crippen LogP contribution is 2.32. The van der Waals surface area contributed by atoms with E-state index >= 15 is 0 Å². The fraction of sp³-hybridized carbons (Fsp3) is 0.583. The van der Waals surface area contributed by atoms with Crippen LogP contribution in [0.2, 0.25) is 0 Å². The molecule has 2 amide bonds. The summed E-state index contributed by atoms with van der Waals surface area (Å²) in [4.78, 5) is 34.3. The fourth-order valence-corrected chi connectivity index (χ4v) is 6.01. The summed E-state index contributed by atoms with van der Waals surface area (Å²) in [5, 5.41) is 6.40. The summed E-state index contributed by atoms with van der Waals surface area (Å²) in [7, 11) is 0. The number of hydrogen-bond acceptors (Lipinski definition) is 8. The van der Waals surface area contributed by atoms with Crippen LogP contribution >= 0.6 is 11.3 Å². The first-order valence-corrected chi connectivity index (χ1v) is 16.9. The van der Waals surface area contributed by atoms with Gasteiger partial charge >= 0.3 is 0 Å². The van der Waals surface area contributed by atoms with Gasteiger partial charge < -0.3 is 29.7 Å². The van der Waals surface area contributed by atoms with E-state index in [4.69, 9.17) is 14.2 Å². The van der Waals surface area contributed by atoms with Crippen molar-refractivity contribution in [1.29, 1.82) is 0 Å². The van der Waals surface area contributed by atoms with Crippen LogP contribution in [0.15, 0.2) is 54.7 Å². The Labute approximate surface area is 279 Å². The number of hydrogen-bond donors (Lipinski definition) is 2. The molecule has 0 radical (unpaired) electrons. The summed E-state index contributed by atoms with van der Waals surface area (Å²) in [6.07, 6.45) is 2.62. The number of rotatable bonds is 17. The lowest BCUT2D eigenvalue weighted by atomic mass is 9.85. The van der Waals surface area contributed by atoms with Crippen LogP contribution < -0.4 is 10.6 Å². The molecule has 1 aliphatic rings. The smallest absolute Gasteiger partial charge is 0.246 e. The molecule has 0 spiro atoms. The van der Waals surface area contributed by atoms with Crippen molar-refractivity contribution >= 4 is 23.2 Å². The van der Waals surface area contributed by atoms with Gasteiger partial charge in [0.2, 0.25) is 11.8 Å². The first-order chi connectivity index (χ1) is 21.7. The lowest BCUT2D eigenvalue weighted by Crippen LogP contribution is -2.57. The Kier molecular flexibility index (Phi) is 14.0. The molecule has 0 bridgehead atoms. The van der Waals surface area contributed by atoms with Crippen LogP contribution in [0, 0.1) is 23.7 Å². The van der Waals surface area contributed by atoms with E-state index in [-0.39, 0.29) is 42.4 Å². The molecule has 1 aliphatic heterocycles. The monoisotopic (exact) mass is 654 g/mol. The van der Waals surface area contributed by atoms with Crippen molar-refractivity contribution in [2.45, 2.75) is 73.5 Å². The summed E-state index contributed by atoms with van der Waals surface area (Å²) < 4.78 is 16.7. The van der Waals surface area contributed by atoms with Gasteiger partial charge in [-0.25, -0.2) is 4.98 Å². The molecule has 46 heavy (non-hydrogen) atoms. The second kappa shape index (κ2) is 17.2. The molecule has 2 aromatic rings. The molecule has 1 aromatic heterocycles. The van der Waals surface area contributed by atoms with Crippen LogP contribution in [0.4, 0.5) is 0 Å². The van der Waals surface area contributed by atoms with Gasteiger partial charge in [0.15, 0.2) is 0 Å². The molecule has 1 aromatic carbocycles. The number of carbonyl (C=O) groups excluding carboxylic acids is 2. The Morgan fingerprint density at radius 1 is 1.07 bits per heavy atom. The van der Waals surface area contributed by atoms with Crippen molar-refractivity contribution < 1.29 is 23.8 Å². The second-order valence-electron chi connectivity index (χ2n) is 14.2. The van der Waals surface area contributed by atoms with Crippen molar-refractivity contribution in [2.24, 2.45) is 16.7 Å². The Bertz CT molecular complexity index is 1290. The lowest BCUT2D eigenvalue weighted by molar-refractivity contribution is -0.141. The summed E-state index contributed by atoms with van der Waals surface area (Å²) in [5.41, 5.74) is 5.52. The number of carbonyl (C=O) groups is 2. The average Bonchev–Trinajstić information content (AvgIpc) is 3.63. The minimum Gasteiger partial charge on any atom is -0.383 e. The topological polar surface area (TPSA) is 102 Å². The molecule has 2 N–H and O–H groups in total. The van der Waals surface area contributed by atoms with Crippen molar-refractivity contribution in [2.75, 3.05) is 46.2 Å². The highest BCUT2D eigenvalue weighted by atomic mass is 32.1. The molecular formula is C36H54N4O5S. The van der Waals surface area contributed by atoms with Crippen molar-refractivity contribution in [3.05, 3.63) is 66.0 Å². The molecule has 254 valence electrons. The van der Waals surface area contributed by atoms with Crippen LogP contribution in [0.25, 0.3) is 10.4 Å². The average molecular weight is 655 g/mol. The largest absolute Gasteiger partial charge is 0.383 e. The molecule has 0 saturated carbocycles. The van der Waals surface area contributed by atoms with Crippen LogP contribution in [-0.2, 0) is 30.3 Å². The minimum atomic E-state index is -0.735. The predicted octanol–water partition coefficient (Wildman–Crippen LogP) is 5.75. The fourth-order valence-electron chi connectivity index (χ4n) is 5.20. The zero-order valence-corrected chi connectivity index (χ0v) is 29.6. The number of aromatic nitrogens is 1. The van der Waals surface area contributed by atoms with E-state index in [2.05, 4.69) is 73.8 Å². The number of thiazole rings is 1. The van der Waals surface area contributed by atoms with Gasteiger partial charge in [0.05, 0.1) is 55.2 Å². The van der Waals surface area contributed by atoms with Crippen molar-refractivity contribution in [3.8, 4) is 10.4 Å². The quantitative estimate of drug-likeness (QED) is 0.165. The number of nitrogens with one attached hydrogen (secondary N) is 2. The van der Waals surface area contributed by atoms with Crippen LogP contribution in [0.1, 0.15) is 59.2 Å². The van der Waals surface area contributed by atoms with E-state index in [9.17, 15) is 9.59 Å². The van der Waals surface area contributed by atoms with Crippen LogP contribution in [0.5, 0.6) is 0 Å². The number of amides is 2. The van der Waals surface area contributed by atoms with E-state index in [0.717, 1.165) is 28.9 Å². The molecule has 2 heterocycles. The standard InChI is InChI=1S/C36H54N4O5S/c1-10-27-19-30(25(2)37-20-28-11-13-29(14-12-28)32-26(3)38-24-46-32)40(21-27)34(42)33(36(7,8)9)39-31(41)22-44-17-15-43-16-18-45-23-35(4,5)6/h10-14,24,27,30,33,37H,1-2,15-23H2,3-9H3,(H,39,41)/t27?,30-,33?/m0/s1. The Balaban J connectivity index is 1.52. The van der Waals surface area contributed by atoms with Gasteiger partial charge in [-0.2, -0.15) is 0 Å². The molecule has 0 aliphatic carbocycles. The number of likely N-dealkylation sites (tertiary alicyclic amines) is 1. The molecule has 3 atom stereocenters. The highest BCUT2D eigenvalue weighted by molar-refractivity contribution is 7.13. The van der Waals surface area contributed by atoms with E-state index in [1.807, 2.05) is 44.2 Å². The summed E-state index contributed by atoms with van der Waals surface area (Å²) in [6.45, 7) is 25.8. The van der Waals surface area contributed by atoms with Crippen molar-refractivity contribution in [1.82, 2.24) is 20.5 Å². The second-order valence-corrected chi connectivity index (χ2v) is 15.1. The first-order valence-electron chi connectivity index (χ1n) is 16.1. The lowest BCUT2D eigenvalue weighted by Gasteiger charge is -2.36. The predicted molar refractivity (Wildman–Crippen MR) is 185 cm³/mol. The van der Waals surface area contributed by atoms with Crippen LogP contribution in [-0.4, -0.2) is 80.0 Å². The number of benzene rings is 1. The molecule has 9 nitrogen and oxygen atoms in total. The summed E-state index contributed by atoms with van der Waals surface area (Å²) >= 11 is 1.64. The van der Waals surface area contributed by atoms with Gasteiger partial charge in [0.25, 0.3) is 0 Å². The van der Waals surface area contributed by atoms with E-state index in [1.54, 1.807) is 11.3 Å². The maximum atomic E-state index is 14.1.